The lowest BCUT2D eigenvalue weighted by Crippen LogP contribution is -2.53. The average molecular weight is 256 g/mol. The summed E-state index contributed by atoms with van der Waals surface area (Å²) in [6, 6.07) is 0. The topological polar surface area (TPSA) is 83.6 Å². The number of carbonyl (C=O) groups excluding carboxylic acids is 1. The summed E-state index contributed by atoms with van der Waals surface area (Å²) in [5.41, 5.74) is 5.55. The van der Waals surface area contributed by atoms with Gasteiger partial charge in [-0.2, -0.15) is 0 Å². The van der Waals surface area contributed by atoms with Crippen molar-refractivity contribution < 1.29 is 14.7 Å². The van der Waals surface area contributed by atoms with E-state index in [0.717, 1.165) is 25.7 Å². The third-order valence-electron chi connectivity index (χ3n) is 3.62. The van der Waals surface area contributed by atoms with E-state index in [1.54, 1.807) is 4.90 Å². The molecule has 1 aliphatic heterocycles. The van der Waals surface area contributed by atoms with Gasteiger partial charge in [-0.1, -0.05) is 19.8 Å². The molecule has 0 bridgehead atoms. The van der Waals surface area contributed by atoms with Gasteiger partial charge in [-0.15, -0.1) is 0 Å². The summed E-state index contributed by atoms with van der Waals surface area (Å²) >= 11 is 0. The highest BCUT2D eigenvalue weighted by Crippen LogP contribution is 2.21. The van der Waals surface area contributed by atoms with Gasteiger partial charge >= 0.3 is 5.97 Å². The van der Waals surface area contributed by atoms with Crippen LogP contribution < -0.4 is 5.73 Å². The Bertz CT molecular complexity index is 282. The number of hydrogen-bond donors (Lipinski definition) is 2. The van der Waals surface area contributed by atoms with Gasteiger partial charge in [0.25, 0.3) is 0 Å². The summed E-state index contributed by atoms with van der Waals surface area (Å²) in [7, 11) is 0. The predicted molar refractivity (Wildman–Crippen MR) is 69.0 cm³/mol. The molecular weight excluding hydrogens is 232 g/mol. The van der Waals surface area contributed by atoms with Gasteiger partial charge in [0.1, 0.15) is 0 Å². The zero-order chi connectivity index (χ0) is 13.5. The van der Waals surface area contributed by atoms with E-state index in [9.17, 15) is 9.59 Å². The van der Waals surface area contributed by atoms with E-state index in [1.807, 2.05) is 0 Å². The number of carboxylic acid groups (broad SMARTS) is 1. The van der Waals surface area contributed by atoms with Crippen LogP contribution in [0.4, 0.5) is 0 Å². The first-order valence-corrected chi connectivity index (χ1v) is 6.79. The second-order valence-corrected chi connectivity index (χ2v) is 5.10. The summed E-state index contributed by atoms with van der Waals surface area (Å²) in [5.74, 6) is -0.540. The second kappa shape index (κ2) is 7.36. The number of aliphatic carboxylic acids is 1. The van der Waals surface area contributed by atoms with E-state index in [4.69, 9.17) is 10.8 Å². The molecule has 1 heterocycles. The van der Waals surface area contributed by atoms with Gasteiger partial charge in [0.05, 0.1) is 5.92 Å². The largest absolute Gasteiger partial charge is 0.481 e. The first kappa shape index (κ1) is 15.0. The molecule has 1 rings (SSSR count). The van der Waals surface area contributed by atoms with Crippen molar-refractivity contribution in [3.05, 3.63) is 0 Å². The summed E-state index contributed by atoms with van der Waals surface area (Å²) < 4.78 is 0. The monoisotopic (exact) mass is 256 g/mol. The molecule has 1 saturated heterocycles. The number of nitrogens with two attached hydrogens (primary N) is 1. The van der Waals surface area contributed by atoms with E-state index in [1.165, 1.54) is 0 Å². The summed E-state index contributed by atoms with van der Waals surface area (Å²) in [6.07, 6.45) is 4.60. The van der Waals surface area contributed by atoms with Crippen LogP contribution in [0.1, 0.15) is 39.0 Å². The van der Waals surface area contributed by atoms with Gasteiger partial charge in [0.2, 0.25) is 5.91 Å². The van der Waals surface area contributed by atoms with Crippen LogP contribution in [0.2, 0.25) is 0 Å². The minimum atomic E-state index is -0.800. The summed E-state index contributed by atoms with van der Waals surface area (Å²) in [5, 5.41) is 8.74. The molecule has 104 valence electrons. The van der Waals surface area contributed by atoms with E-state index in [0.29, 0.717) is 32.0 Å². The summed E-state index contributed by atoms with van der Waals surface area (Å²) in [4.78, 5) is 24.1. The van der Waals surface area contributed by atoms with E-state index < -0.39 is 5.97 Å². The van der Waals surface area contributed by atoms with Crippen LogP contribution in [-0.2, 0) is 9.59 Å². The lowest BCUT2D eigenvalue weighted by Gasteiger charge is -2.37. The van der Waals surface area contributed by atoms with Gasteiger partial charge in [-0.05, 0) is 25.3 Å². The Morgan fingerprint density at radius 2 is 2.00 bits per heavy atom. The number of rotatable bonds is 8. The highest BCUT2D eigenvalue weighted by molar-refractivity contribution is 5.80. The average Bonchev–Trinajstić information content (AvgIpc) is 2.24. The maximum absolute atomic E-state index is 11.8. The molecule has 0 spiro atoms. The minimum Gasteiger partial charge on any atom is -0.481 e. The number of likely N-dealkylation sites (tertiary alicyclic amines) is 1. The van der Waals surface area contributed by atoms with Crippen molar-refractivity contribution >= 4 is 11.9 Å². The molecule has 0 aliphatic carbocycles. The fourth-order valence-corrected chi connectivity index (χ4v) is 2.40. The first-order chi connectivity index (χ1) is 8.58. The Morgan fingerprint density at radius 3 is 2.50 bits per heavy atom. The molecule has 0 saturated carbocycles. The Balaban J connectivity index is 2.22. The lowest BCUT2D eigenvalue weighted by atomic mass is 9.93. The number of hydrogen-bond acceptors (Lipinski definition) is 3. The SMILES string of the molecule is CCCC(CCN)CCC(=O)N1CC(C(=O)O)C1. The van der Waals surface area contributed by atoms with Crippen molar-refractivity contribution in [1.82, 2.24) is 4.90 Å². The molecule has 0 radical (unpaired) electrons. The van der Waals surface area contributed by atoms with Gasteiger partial charge in [0, 0.05) is 19.5 Å². The maximum atomic E-state index is 11.8. The molecular formula is C13H24N2O3. The fourth-order valence-electron chi connectivity index (χ4n) is 2.40. The number of amides is 1. The van der Waals surface area contributed by atoms with Crippen molar-refractivity contribution in [2.45, 2.75) is 39.0 Å². The van der Waals surface area contributed by atoms with Crippen LogP contribution in [0.15, 0.2) is 0 Å². The molecule has 1 fully saturated rings. The van der Waals surface area contributed by atoms with Crippen LogP contribution in [0, 0.1) is 11.8 Å². The smallest absolute Gasteiger partial charge is 0.310 e. The van der Waals surface area contributed by atoms with Gasteiger partial charge in [-0.25, -0.2) is 0 Å². The van der Waals surface area contributed by atoms with Crippen LogP contribution in [0.3, 0.4) is 0 Å². The Morgan fingerprint density at radius 1 is 1.33 bits per heavy atom. The molecule has 0 aromatic heterocycles. The molecule has 1 aliphatic rings. The Hall–Kier alpha value is -1.10. The zero-order valence-electron chi connectivity index (χ0n) is 11.1. The van der Waals surface area contributed by atoms with Crippen molar-refractivity contribution in [1.29, 1.82) is 0 Å². The van der Waals surface area contributed by atoms with E-state index in [-0.39, 0.29) is 11.8 Å². The predicted octanol–water partition coefficient (Wildman–Crippen LogP) is 1.07. The molecule has 5 nitrogen and oxygen atoms in total. The van der Waals surface area contributed by atoms with Crippen LogP contribution in [0.5, 0.6) is 0 Å². The third kappa shape index (κ3) is 4.29. The maximum Gasteiger partial charge on any atom is 0.310 e. The molecule has 18 heavy (non-hydrogen) atoms. The number of carboxylic acids is 1. The van der Waals surface area contributed by atoms with Crippen molar-refractivity contribution in [2.75, 3.05) is 19.6 Å². The fraction of sp³-hybridized carbons (Fsp3) is 0.846. The molecule has 1 unspecified atom stereocenters. The minimum absolute atomic E-state index is 0.0885. The standard InChI is InChI=1S/C13H24N2O3/c1-2-3-10(6-7-14)4-5-12(16)15-8-11(9-15)13(17)18/h10-11H,2-9,14H2,1H3,(H,17,18). The lowest BCUT2D eigenvalue weighted by molar-refractivity contribution is -0.152. The van der Waals surface area contributed by atoms with Crippen LogP contribution in [0.25, 0.3) is 0 Å². The molecule has 0 aromatic rings. The molecule has 0 aromatic carbocycles. The Labute approximate surface area is 108 Å². The zero-order valence-corrected chi connectivity index (χ0v) is 11.1. The summed E-state index contributed by atoms with van der Waals surface area (Å²) in [6.45, 7) is 3.56. The van der Waals surface area contributed by atoms with Gasteiger partial charge in [0.15, 0.2) is 0 Å². The highest BCUT2D eigenvalue weighted by atomic mass is 16.4. The van der Waals surface area contributed by atoms with Crippen LogP contribution in [-0.4, -0.2) is 41.5 Å². The van der Waals surface area contributed by atoms with Crippen molar-refractivity contribution in [3.63, 3.8) is 0 Å². The van der Waals surface area contributed by atoms with Crippen molar-refractivity contribution in [2.24, 2.45) is 17.6 Å². The highest BCUT2D eigenvalue weighted by Gasteiger charge is 2.35. The van der Waals surface area contributed by atoms with Crippen LogP contribution >= 0.6 is 0 Å². The third-order valence-corrected chi connectivity index (χ3v) is 3.62. The normalized spacial score (nSPS) is 17.3. The van der Waals surface area contributed by atoms with Gasteiger partial charge in [-0.3, -0.25) is 9.59 Å². The quantitative estimate of drug-likeness (QED) is 0.680. The van der Waals surface area contributed by atoms with Crippen molar-refractivity contribution in [3.8, 4) is 0 Å². The molecule has 5 heteroatoms. The molecule has 1 amide bonds. The van der Waals surface area contributed by atoms with E-state index >= 15 is 0 Å². The molecule has 3 N–H and O–H groups in total. The van der Waals surface area contributed by atoms with Gasteiger partial charge < -0.3 is 15.7 Å². The first-order valence-electron chi connectivity index (χ1n) is 6.79. The van der Waals surface area contributed by atoms with E-state index in [2.05, 4.69) is 6.92 Å². The second-order valence-electron chi connectivity index (χ2n) is 5.10. The Kier molecular flexibility index (Phi) is 6.12. The number of nitrogens with zero attached hydrogens (tertiary/aromatic N) is 1. The molecule has 1 atom stereocenters. The number of carbonyl (C=O) groups is 2.